The Morgan fingerprint density at radius 1 is 1.00 bits per heavy atom. The van der Waals surface area contributed by atoms with Gasteiger partial charge in [0, 0.05) is 42.6 Å². The van der Waals surface area contributed by atoms with Crippen LogP contribution < -0.4 is 9.62 Å². The molecule has 3 aromatic carbocycles. The van der Waals surface area contributed by atoms with E-state index in [1.54, 1.807) is 42.5 Å². The van der Waals surface area contributed by atoms with Gasteiger partial charge in [-0.15, -0.1) is 0 Å². The van der Waals surface area contributed by atoms with Crippen LogP contribution in [0.4, 0.5) is 10.1 Å². The second-order valence-corrected chi connectivity index (χ2v) is 12.4. The predicted octanol–water partition coefficient (Wildman–Crippen LogP) is 5.58. The maximum atomic E-state index is 14.8. The van der Waals surface area contributed by atoms with E-state index in [0.717, 1.165) is 11.8 Å². The number of carbonyl (C=O) groups is 2. The number of amides is 2. The number of halogens is 2. The number of carbonyl (C=O) groups excluding carboxylic acids is 2. The number of nitrogens with zero attached hydrogens (tertiary/aromatic N) is 2. The van der Waals surface area contributed by atoms with E-state index in [4.69, 9.17) is 11.6 Å². The lowest BCUT2D eigenvalue weighted by Gasteiger charge is -2.33. The number of benzene rings is 3. The van der Waals surface area contributed by atoms with Crippen molar-refractivity contribution in [3.05, 3.63) is 101 Å². The third-order valence-corrected chi connectivity index (χ3v) is 8.25. The zero-order valence-corrected chi connectivity index (χ0v) is 25.2. The third-order valence-electron chi connectivity index (χ3n) is 6.82. The summed E-state index contributed by atoms with van der Waals surface area (Å²) in [5.74, 6) is -1.19. The van der Waals surface area contributed by atoms with Gasteiger partial charge in [0.25, 0.3) is 0 Å². The number of nitrogens with one attached hydrogen (secondary N) is 1. The lowest BCUT2D eigenvalue weighted by molar-refractivity contribution is -0.141. The molecule has 3 rings (SSSR count). The van der Waals surface area contributed by atoms with Crippen LogP contribution in [0.5, 0.6) is 0 Å². The molecule has 2 atom stereocenters. The van der Waals surface area contributed by atoms with Crippen LogP contribution in [0.25, 0.3) is 0 Å². The topological polar surface area (TPSA) is 86.8 Å². The molecule has 1 N–H and O–H groups in total. The predicted molar refractivity (Wildman–Crippen MR) is 162 cm³/mol. The van der Waals surface area contributed by atoms with Gasteiger partial charge in [-0.1, -0.05) is 73.1 Å². The molecule has 10 heteroatoms. The van der Waals surface area contributed by atoms with Crippen molar-refractivity contribution in [2.24, 2.45) is 0 Å². The van der Waals surface area contributed by atoms with Crippen molar-refractivity contribution in [1.82, 2.24) is 10.2 Å². The van der Waals surface area contributed by atoms with E-state index in [0.29, 0.717) is 17.1 Å². The molecule has 0 aliphatic carbocycles. The number of rotatable bonds is 14. The maximum absolute atomic E-state index is 14.8. The average molecular weight is 602 g/mol. The van der Waals surface area contributed by atoms with Crippen molar-refractivity contribution in [2.45, 2.75) is 58.2 Å². The third kappa shape index (κ3) is 9.57. The molecule has 0 fully saturated rings. The Morgan fingerprint density at radius 2 is 1.68 bits per heavy atom. The molecular formula is C31H37ClFN3O4S. The minimum atomic E-state index is -3.66. The van der Waals surface area contributed by atoms with E-state index in [1.165, 1.54) is 15.3 Å². The molecule has 0 aliphatic heterocycles. The molecule has 0 radical (unpaired) electrons. The second kappa shape index (κ2) is 15.0. The summed E-state index contributed by atoms with van der Waals surface area (Å²) in [4.78, 5) is 28.8. The van der Waals surface area contributed by atoms with Gasteiger partial charge >= 0.3 is 0 Å². The molecule has 2 amide bonds. The van der Waals surface area contributed by atoms with Crippen molar-refractivity contribution >= 4 is 39.1 Å². The highest BCUT2D eigenvalue weighted by molar-refractivity contribution is 7.92. The molecule has 41 heavy (non-hydrogen) atoms. The highest BCUT2D eigenvalue weighted by Gasteiger charge is 2.31. The molecule has 220 valence electrons. The Balaban J connectivity index is 1.90. The second-order valence-electron chi connectivity index (χ2n) is 10.1. The van der Waals surface area contributed by atoms with Gasteiger partial charge in [0.1, 0.15) is 11.9 Å². The number of anilines is 1. The van der Waals surface area contributed by atoms with Crippen molar-refractivity contribution < 1.29 is 22.4 Å². The van der Waals surface area contributed by atoms with Gasteiger partial charge in [-0.05, 0) is 49.6 Å². The molecule has 0 spiro atoms. The van der Waals surface area contributed by atoms with Crippen LogP contribution in [0.2, 0.25) is 5.02 Å². The van der Waals surface area contributed by atoms with E-state index in [-0.39, 0.29) is 55.8 Å². The molecule has 0 aromatic heterocycles. The summed E-state index contributed by atoms with van der Waals surface area (Å²) >= 11 is 6.08. The minimum Gasteiger partial charge on any atom is -0.352 e. The van der Waals surface area contributed by atoms with Crippen LogP contribution in [0.3, 0.4) is 0 Å². The van der Waals surface area contributed by atoms with Crippen molar-refractivity contribution in [3.63, 3.8) is 0 Å². The fourth-order valence-electron chi connectivity index (χ4n) is 4.44. The van der Waals surface area contributed by atoms with E-state index in [2.05, 4.69) is 5.32 Å². The molecule has 3 aromatic rings. The number of hydrogen-bond donors (Lipinski definition) is 1. The fourth-order valence-corrected chi connectivity index (χ4v) is 5.58. The first-order chi connectivity index (χ1) is 19.5. The van der Waals surface area contributed by atoms with Crippen LogP contribution >= 0.6 is 11.6 Å². The summed E-state index contributed by atoms with van der Waals surface area (Å²) in [5, 5.41) is 3.37. The fraction of sp³-hybridized carbons (Fsp3) is 0.355. The summed E-state index contributed by atoms with van der Waals surface area (Å²) in [7, 11) is -3.66. The Bertz CT molecular complexity index is 1420. The molecule has 7 nitrogen and oxygen atoms in total. The highest BCUT2D eigenvalue weighted by Crippen LogP contribution is 2.23. The Kier molecular flexibility index (Phi) is 11.7. The lowest BCUT2D eigenvalue weighted by atomic mass is 10.0. The standard InChI is InChI=1S/C31H37ClFN3O4S/c1-4-23(2)34-31(38)29(20-24-12-6-5-7-13-24)35(22-25-14-8-9-17-28(25)33)30(37)18-11-19-36(41(3,39)40)27-16-10-15-26(32)21-27/h5-10,12-17,21,23,29H,4,11,18-20,22H2,1-3H3,(H,34,38)/t23-,29+/m1/s1. The van der Waals surface area contributed by atoms with Gasteiger partial charge in [-0.25, -0.2) is 12.8 Å². The smallest absolute Gasteiger partial charge is 0.243 e. The van der Waals surface area contributed by atoms with Crippen LogP contribution in [0, 0.1) is 5.82 Å². The normalized spacial score (nSPS) is 12.8. The van der Waals surface area contributed by atoms with Gasteiger partial charge in [-0.3, -0.25) is 13.9 Å². The highest BCUT2D eigenvalue weighted by atomic mass is 35.5. The van der Waals surface area contributed by atoms with Gasteiger partial charge in [0.15, 0.2) is 0 Å². The van der Waals surface area contributed by atoms with E-state index < -0.39 is 21.9 Å². The summed E-state index contributed by atoms with van der Waals surface area (Å²) in [6, 6.07) is 21.0. The maximum Gasteiger partial charge on any atom is 0.243 e. The first-order valence-electron chi connectivity index (χ1n) is 13.6. The van der Waals surface area contributed by atoms with Crippen molar-refractivity contribution in [1.29, 1.82) is 0 Å². The molecule has 0 bridgehead atoms. The number of hydrogen-bond acceptors (Lipinski definition) is 4. The monoisotopic (exact) mass is 601 g/mol. The van der Waals surface area contributed by atoms with Crippen molar-refractivity contribution in [3.8, 4) is 0 Å². The van der Waals surface area contributed by atoms with Gasteiger partial charge in [-0.2, -0.15) is 0 Å². The Labute approximate surface area is 247 Å². The molecule has 0 saturated carbocycles. The summed E-state index contributed by atoms with van der Waals surface area (Å²) in [6.07, 6.45) is 2.16. The van der Waals surface area contributed by atoms with Gasteiger partial charge in [0.05, 0.1) is 11.9 Å². The molecule has 0 heterocycles. The first-order valence-corrected chi connectivity index (χ1v) is 15.8. The zero-order chi connectivity index (χ0) is 30.0. The minimum absolute atomic E-state index is 0.0286. The zero-order valence-electron chi connectivity index (χ0n) is 23.6. The van der Waals surface area contributed by atoms with Crippen LogP contribution in [-0.2, 0) is 32.6 Å². The van der Waals surface area contributed by atoms with Crippen LogP contribution in [0.1, 0.15) is 44.2 Å². The van der Waals surface area contributed by atoms with Gasteiger partial charge in [0.2, 0.25) is 21.8 Å². The average Bonchev–Trinajstić information content (AvgIpc) is 2.93. The van der Waals surface area contributed by atoms with Crippen molar-refractivity contribution in [2.75, 3.05) is 17.1 Å². The van der Waals surface area contributed by atoms with Crippen LogP contribution in [-0.4, -0.2) is 50.0 Å². The Morgan fingerprint density at radius 3 is 2.32 bits per heavy atom. The van der Waals surface area contributed by atoms with E-state index in [9.17, 15) is 22.4 Å². The Hall–Kier alpha value is -3.43. The van der Waals surface area contributed by atoms with Gasteiger partial charge < -0.3 is 10.2 Å². The molecule has 0 unspecified atom stereocenters. The quantitative estimate of drug-likeness (QED) is 0.261. The molecular weight excluding hydrogens is 565 g/mol. The number of sulfonamides is 1. The van der Waals surface area contributed by atoms with E-state index >= 15 is 0 Å². The first kappa shape index (κ1) is 32.1. The SMILES string of the molecule is CC[C@@H](C)NC(=O)[C@H](Cc1ccccc1)N(Cc1ccccc1F)C(=O)CCCN(c1cccc(Cl)c1)S(C)(=O)=O. The lowest BCUT2D eigenvalue weighted by Crippen LogP contribution is -2.52. The van der Waals surface area contributed by atoms with E-state index in [1.807, 2.05) is 44.2 Å². The van der Waals surface area contributed by atoms with Crippen LogP contribution in [0.15, 0.2) is 78.9 Å². The largest absolute Gasteiger partial charge is 0.352 e. The summed E-state index contributed by atoms with van der Waals surface area (Å²) in [6.45, 7) is 3.75. The summed E-state index contributed by atoms with van der Waals surface area (Å²) < 4.78 is 41.1. The summed E-state index contributed by atoms with van der Waals surface area (Å²) in [5.41, 5.74) is 1.53. The molecule has 0 aliphatic rings. The molecule has 0 saturated heterocycles.